The Labute approximate surface area is 135 Å². The van der Waals surface area contributed by atoms with Gasteiger partial charge in [0.05, 0.1) is 11.8 Å². The van der Waals surface area contributed by atoms with Gasteiger partial charge in [-0.25, -0.2) is 4.79 Å². The molecule has 0 aromatic heterocycles. The van der Waals surface area contributed by atoms with E-state index in [0.29, 0.717) is 0 Å². The maximum absolute atomic E-state index is 12.7. The van der Waals surface area contributed by atoms with Crippen molar-refractivity contribution < 1.29 is 14.6 Å². The van der Waals surface area contributed by atoms with E-state index in [1.54, 1.807) is 4.90 Å². The largest absolute Gasteiger partial charge is 0.444 e. The van der Waals surface area contributed by atoms with Crippen LogP contribution in [0.5, 0.6) is 0 Å². The minimum Gasteiger partial charge on any atom is -0.444 e. The van der Waals surface area contributed by atoms with Crippen molar-refractivity contribution in [1.29, 1.82) is 0 Å². The molecule has 0 bridgehead atoms. The van der Waals surface area contributed by atoms with Gasteiger partial charge >= 0.3 is 6.09 Å². The summed E-state index contributed by atoms with van der Waals surface area (Å²) < 4.78 is 5.52. The summed E-state index contributed by atoms with van der Waals surface area (Å²) in [6.07, 6.45) is 1.05. The number of para-hydroxylation sites is 1. The highest BCUT2D eigenvalue weighted by atomic mass is 16.6. The van der Waals surface area contributed by atoms with E-state index in [4.69, 9.17) is 4.74 Å². The molecule has 3 unspecified atom stereocenters. The molecule has 1 N–H and O–H groups in total. The van der Waals surface area contributed by atoms with Gasteiger partial charge in [-0.2, -0.15) is 0 Å². The van der Waals surface area contributed by atoms with Gasteiger partial charge in [0.1, 0.15) is 6.61 Å². The summed E-state index contributed by atoms with van der Waals surface area (Å²) in [5.74, 6) is 0.120. The van der Waals surface area contributed by atoms with Crippen LogP contribution < -0.4 is 4.90 Å². The van der Waals surface area contributed by atoms with Gasteiger partial charge in [-0.3, -0.25) is 4.90 Å². The molecule has 0 radical (unpaired) electrons. The van der Waals surface area contributed by atoms with Crippen LogP contribution in [0.15, 0.2) is 54.6 Å². The van der Waals surface area contributed by atoms with E-state index in [0.717, 1.165) is 29.7 Å². The first-order valence-corrected chi connectivity index (χ1v) is 8.02. The van der Waals surface area contributed by atoms with Crippen LogP contribution in [-0.4, -0.2) is 17.2 Å². The lowest BCUT2D eigenvalue weighted by molar-refractivity contribution is 0.0309. The molecular formula is C19H19NO3. The van der Waals surface area contributed by atoms with Crippen molar-refractivity contribution in [2.24, 2.45) is 5.92 Å². The number of ether oxygens (including phenoxy) is 1. The Morgan fingerprint density at radius 1 is 1.09 bits per heavy atom. The van der Waals surface area contributed by atoms with Crippen LogP contribution in [0.25, 0.3) is 0 Å². The van der Waals surface area contributed by atoms with Crippen molar-refractivity contribution >= 4 is 11.8 Å². The molecule has 1 saturated carbocycles. The second kappa shape index (κ2) is 5.70. The molecule has 2 aromatic carbocycles. The number of benzene rings is 2. The zero-order valence-electron chi connectivity index (χ0n) is 12.8. The molecule has 1 aliphatic carbocycles. The third-order valence-electron chi connectivity index (χ3n) is 4.94. The quantitative estimate of drug-likeness (QED) is 0.921. The van der Waals surface area contributed by atoms with Gasteiger partial charge in [-0.1, -0.05) is 48.5 Å². The summed E-state index contributed by atoms with van der Waals surface area (Å²) in [7, 11) is 0. The first-order valence-electron chi connectivity index (χ1n) is 8.02. The summed E-state index contributed by atoms with van der Waals surface area (Å²) in [6.45, 7) is 0.262. The summed E-state index contributed by atoms with van der Waals surface area (Å²) >= 11 is 0. The Hall–Kier alpha value is -2.33. The minimum absolute atomic E-state index is 0.0446. The first-order chi connectivity index (χ1) is 11.3. The van der Waals surface area contributed by atoms with E-state index in [-0.39, 0.29) is 24.7 Å². The van der Waals surface area contributed by atoms with Gasteiger partial charge in [-0.15, -0.1) is 0 Å². The zero-order valence-corrected chi connectivity index (χ0v) is 12.8. The molecule has 2 aliphatic rings. The van der Waals surface area contributed by atoms with E-state index in [1.165, 1.54) is 0 Å². The highest BCUT2D eigenvalue weighted by Crippen LogP contribution is 2.49. The molecule has 3 atom stereocenters. The zero-order chi connectivity index (χ0) is 15.8. The second-order valence-corrected chi connectivity index (χ2v) is 6.22. The lowest BCUT2D eigenvalue weighted by atomic mass is 9.70. The molecule has 0 spiro atoms. The van der Waals surface area contributed by atoms with Crippen LogP contribution >= 0.6 is 0 Å². The van der Waals surface area contributed by atoms with Crippen molar-refractivity contribution in [3.63, 3.8) is 0 Å². The number of aliphatic hydroxyl groups excluding tert-OH is 1. The van der Waals surface area contributed by atoms with Crippen LogP contribution in [0, 0.1) is 5.92 Å². The number of carbonyl (C=O) groups excluding carboxylic acids is 1. The number of hydrogen-bond donors (Lipinski definition) is 1. The van der Waals surface area contributed by atoms with E-state index >= 15 is 0 Å². The molecule has 4 rings (SSSR count). The van der Waals surface area contributed by atoms with Gasteiger partial charge < -0.3 is 9.84 Å². The molecule has 1 amide bonds. The lowest BCUT2D eigenvalue weighted by Gasteiger charge is -2.50. The van der Waals surface area contributed by atoms with E-state index < -0.39 is 6.10 Å². The number of anilines is 1. The van der Waals surface area contributed by atoms with Crippen LogP contribution in [0.1, 0.15) is 30.1 Å². The molecule has 4 heteroatoms. The van der Waals surface area contributed by atoms with Crippen LogP contribution in [-0.2, 0) is 11.3 Å². The number of hydrogen-bond acceptors (Lipinski definition) is 3. The van der Waals surface area contributed by atoms with E-state index in [9.17, 15) is 9.90 Å². The summed E-state index contributed by atoms with van der Waals surface area (Å²) in [4.78, 5) is 14.4. The van der Waals surface area contributed by atoms with Crippen molar-refractivity contribution in [3.05, 3.63) is 65.7 Å². The molecule has 1 heterocycles. The average molecular weight is 309 g/mol. The Morgan fingerprint density at radius 3 is 2.57 bits per heavy atom. The molecule has 118 valence electrons. The fourth-order valence-electron chi connectivity index (χ4n) is 3.59. The number of rotatable bonds is 2. The molecule has 1 aliphatic heterocycles. The Morgan fingerprint density at radius 2 is 1.83 bits per heavy atom. The number of amides is 1. The Balaban J connectivity index is 1.57. The van der Waals surface area contributed by atoms with Crippen molar-refractivity contribution in [2.45, 2.75) is 31.6 Å². The summed E-state index contributed by atoms with van der Waals surface area (Å²) in [6, 6.07) is 17.3. The molecule has 1 fully saturated rings. The SMILES string of the molecule is O=C(OCc1ccccc1)N1c2ccccc2C(O)C2CCC21. The van der Waals surface area contributed by atoms with Crippen LogP contribution in [0.4, 0.5) is 10.5 Å². The predicted molar refractivity (Wildman–Crippen MR) is 87.0 cm³/mol. The fourth-order valence-corrected chi connectivity index (χ4v) is 3.59. The second-order valence-electron chi connectivity index (χ2n) is 6.22. The first kappa shape index (κ1) is 14.3. The number of aliphatic hydroxyl groups is 1. The number of fused-ring (bicyclic) bond motifs is 2. The van der Waals surface area contributed by atoms with Gasteiger partial charge in [0.15, 0.2) is 0 Å². The Bertz CT molecular complexity index is 716. The standard InChI is InChI=1S/C19H19NO3/c21-18-14-8-4-5-9-16(14)20(17-11-10-15(17)18)19(22)23-12-13-6-2-1-3-7-13/h1-9,15,17-18,21H,10-12H2. The van der Waals surface area contributed by atoms with Crippen LogP contribution in [0.2, 0.25) is 0 Å². The third kappa shape index (κ3) is 2.39. The molecule has 23 heavy (non-hydrogen) atoms. The monoisotopic (exact) mass is 309 g/mol. The van der Waals surface area contributed by atoms with E-state index in [1.807, 2.05) is 54.6 Å². The topological polar surface area (TPSA) is 49.8 Å². The molecular weight excluding hydrogens is 290 g/mol. The minimum atomic E-state index is -0.483. The molecule has 0 saturated heterocycles. The van der Waals surface area contributed by atoms with Gasteiger partial charge in [0, 0.05) is 17.5 Å². The maximum Gasteiger partial charge on any atom is 0.414 e. The van der Waals surface area contributed by atoms with Gasteiger partial charge in [0.25, 0.3) is 0 Å². The van der Waals surface area contributed by atoms with E-state index in [2.05, 4.69) is 0 Å². The van der Waals surface area contributed by atoms with Crippen molar-refractivity contribution in [2.75, 3.05) is 4.90 Å². The maximum atomic E-state index is 12.7. The highest BCUT2D eigenvalue weighted by molar-refractivity contribution is 5.90. The van der Waals surface area contributed by atoms with Crippen LogP contribution in [0.3, 0.4) is 0 Å². The summed E-state index contributed by atoms with van der Waals surface area (Å²) in [5.41, 5.74) is 2.57. The Kier molecular flexibility index (Phi) is 3.54. The number of nitrogens with zero attached hydrogens (tertiary/aromatic N) is 1. The summed E-state index contributed by atoms with van der Waals surface area (Å²) in [5, 5.41) is 10.5. The van der Waals surface area contributed by atoms with Gasteiger partial charge in [-0.05, 0) is 24.5 Å². The normalized spacial score (nSPS) is 25.1. The lowest BCUT2D eigenvalue weighted by Crippen LogP contribution is -2.55. The average Bonchev–Trinajstić information content (AvgIpc) is 2.56. The molecule has 2 aromatic rings. The highest BCUT2D eigenvalue weighted by Gasteiger charge is 2.48. The fraction of sp³-hybridized carbons (Fsp3) is 0.316. The van der Waals surface area contributed by atoms with Gasteiger partial charge in [0.2, 0.25) is 0 Å². The van der Waals surface area contributed by atoms with Crippen molar-refractivity contribution in [1.82, 2.24) is 0 Å². The van der Waals surface area contributed by atoms with Crippen molar-refractivity contribution in [3.8, 4) is 0 Å². The smallest absolute Gasteiger partial charge is 0.414 e. The predicted octanol–water partition coefficient (Wildman–Crippen LogP) is 3.66. The molecule has 4 nitrogen and oxygen atoms in total. The third-order valence-corrected chi connectivity index (χ3v) is 4.94. The number of carbonyl (C=O) groups is 1.